The lowest BCUT2D eigenvalue weighted by atomic mass is 9.99. The highest BCUT2D eigenvalue weighted by Crippen LogP contribution is 2.42. The number of ether oxygens (including phenoxy) is 4. The fourth-order valence-electron chi connectivity index (χ4n) is 5.53. The first kappa shape index (κ1) is 23.1. The van der Waals surface area contributed by atoms with Crippen molar-refractivity contribution in [3.63, 3.8) is 0 Å². The van der Waals surface area contributed by atoms with Crippen molar-refractivity contribution in [2.75, 3.05) is 28.4 Å². The van der Waals surface area contributed by atoms with Crippen LogP contribution in [-0.2, 0) is 0 Å². The first-order valence-corrected chi connectivity index (χ1v) is 12.5. The molecular formula is C32H26N2O5. The summed E-state index contributed by atoms with van der Waals surface area (Å²) in [6.07, 6.45) is 4.02. The number of H-pyrrole nitrogens is 2. The molecule has 7 aromatic rings. The number of hydrogen-bond donors (Lipinski definition) is 2. The van der Waals surface area contributed by atoms with E-state index in [0.29, 0.717) is 0 Å². The summed E-state index contributed by atoms with van der Waals surface area (Å²) in [5.41, 5.74) is 7.79. The Kier molecular flexibility index (Phi) is 5.20. The molecule has 0 aliphatic carbocycles. The van der Waals surface area contributed by atoms with Gasteiger partial charge in [0.2, 0.25) is 0 Å². The van der Waals surface area contributed by atoms with Crippen LogP contribution in [0.5, 0.6) is 23.0 Å². The van der Waals surface area contributed by atoms with Gasteiger partial charge in [0.25, 0.3) is 0 Å². The number of hydrogen-bond acceptors (Lipinski definition) is 5. The van der Waals surface area contributed by atoms with E-state index in [1.165, 1.54) is 0 Å². The average molecular weight is 519 g/mol. The Bertz CT molecular complexity index is 1880. The molecule has 0 saturated heterocycles. The van der Waals surface area contributed by atoms with E-state index in [9.17, 15) is 0 Å². The minimum atomic E-state index is 0.740. The molecule has 0 aliphatic heterocycles. The van der Waals surface area contributed by atoms with Crippen molar-refractivity contribution >= 4 is 43.7 Å². The quantitative estimate of drug-likeness (QED) is 0.234. The third-order valence-electron chi connectivity index (χ3n) is 7.44. The third kappa shape index (κ3) is 3.50. The summed E-state index contributed by atoms with van der Waals surface area (Å²) in [6, 6.07) is 20.3. The summed E-state index contributed by atoms with van der Waals surface area (Å²) in [6.45, 7) is 0. The topological polar surface area (TPSA) is 81.6 Å². The summed E-state index contributed by atoms with van der Waals surface area (Å²) in [7, 11) is 6.66. The monoisotopic (exact) mass is 518 g/mol. The van der Waals surface area contributed by atoms with Crippen LogP contribution in [0, 0.1) is 0 Å². The average Bonchev–Trinajstić information content (AvgIpc) is 3.70. The van der Waals surface area contributed by atoms with Crippen LogP contribution in [0.1, 0.15) is 0 Å². The predicted octanol–water partition coefficient (Wildman–Crippen LogP) is 7.92. The first-order valence-electron chi connectivity index (χ1n) is 12.5. The van der Waals surface area contributed by atoms with Gasteiger partial charge in [-0.3, -0.25) is 0 Å². The number of furan rings is 1. The Morgan fingerprint density at radius 2 is 1.00 bits per heavy atom. The highest BCUT2D eigenvalue weighted by Gasteiger charge is 2.18. The maximum Gasteiger partial charge on any atom is 0.135 e. The van der Waals surface area contributed by atoms with Gasteiger partial charge in [-0.05, 0) is 35.4 Å². The summed E-state index contributed by atoms with van der Waals surface area (Å²) < 4.78 is 28.5. The maximum absolute atomic E-state index is 6.22. The van der Waals surface area contributed by atoms with E-state index < -0.39 is 0 Å². The first-order chi connectivity index (χ1) is 19.1. The Morgan fingerprint density at radius 1 is 0.538 bits per heavy atom. The number of methoxy groups -OCH3 is 4. The summed E-state index contributed by atoms with van der Waals surface area (Å²) in [4.78, 5) is 6.74. The van der Waals surface area contributed by atoms with Crippen LogP contribution in [0.3, 0.4) is 0 Å². The predicted molar refractivity (Wildman–Crippen MR) is 155 cm³/mol. The molecule has 0 bridgehead atoms. The summed E-state index contributed by atoms with van der Waals surface area (Å²) in [5, 5.41) is 4.10. The van der Waals surface area contributed by atoms with E-state index >= 15 is 0 Å². The third-order valence-corrected chi connectivity index (χ3v) is 7.44. The lowest BCUT2D eigenvalue weighted by Crippen LogP contribution is -1.88. The summed E-state index contributed by atoms with van der Waals surface area (Å²) >= 11 is 0. The van der Waals surface area contributed by atoms with Gasteiger partial charge in [0.05, 0.1) is 39.5 Å². The molecule has 39 heavy (non-hydrogen) atoms. The SMILES string of the molecule is COc1cc(OC)c2c(-c3ccc4oc5ccc(-c6c[nH]c7cc(OC)cc(OC)c67)cc5c4c3)c[nH]c2c1. The fourth-order valence-corrected chi connectivity index (χ4v) is 5.53. The summed E-state index contributed by atoms with van der Waals surface area (Å²) in [5.74, 6) is 2.99. The fraction of sp³-hybridized carbons (Fsp3) is 0.125. The van der Waals surface area contributed by atoms with E-state index in [1.807, 2.05) is 48.8 Å². The van der Waals surface area contributed by atoms with Crippen molar-refractivity contribution in [1.82, 2.24) is 9.97 Å². The van der Waals surface area contributed by atoms with Gasteiger partial charge in [0.15, 0.2) is 0 Å². The van der Waals surface area contributed by atoms with E-state index in [2.05, 4.69) is 34.2 Å². The highest BCUT2D eigenvalue weighted by atomic mass is 16.5. The Morgan fingerprint density at radius 3 is 1.41 bits per heavy atom. The molecule has 4 aromatic carbocycles. The van der Waals surface area contributed by atoms with Crippen LogP contribution in [0.25, 0.3) is 66.0 Å². The molecule has 0 atom stereocenters. The zero-order valence-corrected chi connectivity index (χ0v) is 22.0. The van der Waals surface area contributed by atoms with Gasteiger partial charge in [-0.1, -0.05) is 12.1 Å². The van der Waals surface area contributed by atoms with E-state index in [4.69, 9.17) is 23.4 Å². The van der Waals surface area contributed by atoms with Gasteiger partial charge >= 0.3 is 0 Å². The van der Waals surface area contributed by atoms with Gasteiger partial charge < -0.3 is 33.3 Å². The lowest BCUT2D eigenvalue weighted by molar-refractivity contribution is 0.398. The van der Waals surface area contributed by atoms with Crippen molar-refractivity contribution in [3.05, 3.63) is 73.1 Å². The number of aromatic amines is 2. The normalized spacial score (nSPS) is 11.6. The number of benzene rings is 4. The van der Waals surface area contributed by atoms with Crippen LogP contribution in [0.2, 0.25) is 0 Å². The molecule has 0 amide bonds. The zero-order valence-electron chi connectivity index (χ0n) is 22.0. The lowest BCUT2D eigenvalue weighted by Gasteiger charge is -2.08. The minimum Gasteiger partial charge on any atom is -0.497 e. The van der Waals surface area contributed by atoms with Crippen LogP contribution >= 0.6 is 0 Å². The molecule has 7 nitrogen and oxygen atoms in total. The standard InChI is InChI=1S/C32H26N2O5/c1-35-19-11-25-31(29(13-19)37-3)23(15-33-25)17-5-7-27-21(9-17)22-10-18(6-8-28(22)39-27)24-16-34-26-12-20(36-2)14-30(38-4)32(24)26/h5-16,33-34H,1-4H3. The largest absolute Gasteiger partial charge is 0.497 e. The van der Waals surface area contributed by atoms with Crippen molar-refractivity contribution in [1.29, 1.82) is 0 Å². The van der Waals surface area contributed by atoms with Gasteiger partial charge in [0.1, 0.15) is 34.2 Å². The molecule has 3 aromatic heterocycles. The van der Waals surface area contributed by atoms with Crippen LogP contribution in [0.15, 0.2) is 77.5 Å². The second-order valence-electron chi connectivity index (χ2n) is 9.43. The van der Waals surface area contributed by atoms with Crippen molar-refractivity contribution in [2.45, 2.75) is 0 Å². The minimum absolute atomic E-state index is 0.740. The van der Waals surface area contributed by atoms with E-state index in [-0.39, 0.29) is 0 Å². The van der Waals surface area contributed by atoms with E-state index in [0.717, 1.165) is 89.0 Å². The Labute approximate surface area is 223 Å². The molecule has 0 saturated carbocycles. The van der Waals surface area contributed by atoms with Gasteiger partial charge in [-0.25, -0.2) is 0 Å². The molecule has 2 N–H and O–H groups in total. The number of aromatic nitrogens is 2. The van der Waals surface area contributed by atoms with Crippen molar-refractivity contribution in [2.24, 2.45) is 0 Å². The zero-order chi connectivity index (χ0) is 26.7. The molecule has 194 valence electrons. The van der Waals surface area contributed by atoms with Crippen molar-refractivity contribution in [3.8, 4) is 45.3 Å². The Balaban J connectivity index is 1.41. The number of nitrogens with one attached hydrogen (secondary N) is 2. The van der Waals surface area contributed by atoms with Crippen LogP contribution in [0.4, 0.5) is 0 Å². The second kappa shape index (κ2) is 8.77. The van der Waals surface area contributed by atoms with Gasteiger partial charge in [0, 0.05) is 69.3 Å². The van der Waals surface area contributed by atoms with Gasteiger partial charge in [-0.15, -0.1) is 0 Å². The molecule has 3 heterocycles. The molecule has 0 radical (unpaired) electrons. The van der Waals surface area contributed by atoms with Gasteiger partial charge in [-0.2, -0.15) is 0 Å². The highest BCUT2D eigenvalue weighted by molar-refractivity contribution is 6.10. The van der Waals surface area contributed by atoms with Crippen LogP contribution < -0.4 is 18.9 Å². The molecule has 0 spiro atoms. The number of fused-ring (bicyclic) bond motifs is 5. The smallest absolute Gasteiger partial charge is 0.135 e. The number of rotatable bonds is 6. The second-order valence-corrected chi connectivity index (χ2v) is 9.43. The molecule has 0 unspecified atom stereocenters. The molecule has 0 aliphatic rings. The molecule has 7 rings (SSSR count). The molecular weight excluding hydrogens is 492 g/mol. The Hall–Kier alpha value is -5.04. The van der Waals surface area contributed by atoms with Crippen molar-refractivity contribution < 1.29 is 23.4 Å². The molecule has 7 heteroatoms. The van der Waals surface area contributed by atoms with Crippen LogP contribution in [-0.4, -0.2) is 38.4 Å². The maximum atomic E-state index is 6.22. The molecule has 0 fully saturated rings. The van der Waals surface area contributed by atoms with E-state index in [1.54, 1.807) is 28.4 Å².